The molecule has 3 aromatic carbocycles. The van der Waals surface area contributed by atoms with Gasteiger partial charge < -0.3 is 5.32 Å². The molecule has 7 nitrogen and oxygen atoms in total. The first-order valence-corrected chi connectivity index (χ1v) is 12.5. The van der Waals surface area contributed by atoms with Gasteiger partial charge in [0.2, 0.25) is 0 Å². The van der Waals surface area contributed by atoms with Gasteiger partial charge in [-0.3, -0.25) is 19.6 Å². The fourth-order valence-corrected chi connectivity index (χ4v) is 5.06. The summed E-state index contributed by atoms with van der Waals surface area (Å²) in [6, 6.07) is 21.3. The van der Waals surface area contributed by atoms with Crippen molar-refractivity contribution in [3.05, 3.63) is 94.7 Å². The molecule has 1 amide bonds. The van der Waals surface area contributed by atoms with Crippen molar-refractivity contribution in [1.29, 1.82) is 0 Å². The molecule has 0 bridgehead atoms. The molecule has 0 aliphatic rings. The summed E-state index contributed by atoms with van der Waals surface area (Å²) in [7, 11) is 0. The maximum atomic E-state index is 12.6. The van der Waals surface area contributed by atoms with Crippen LogP contribution in [-0.2, 0) is 0 Å². The van der Waals surface area contributed by atoms with E-state index in [0.717, 1.165) is 25.9 Å². The third-order valence-electron chi connectivity index (χ3n) is 4.84. The molecule has 0 saturated carbocycles. The number of nitro benzene ring substituents is 1. The molecule has 4 aromatic rings. The van der Waals surface area contributed by atoms with E-state index in [0.29, 0.717) is 11.3 Å². The van der Waals surface area contributed by atoms with E-state index in [9.17, 15) is 14.9 Å². The van der Waals surface area contributed by atoms with Crippen LogP contribution in [0.4, 0.5) is 11.4 Å². The predicted octanol–water partition coefficient (Wildman–Crippen LogP) is 7.03. The van der Waals surface area contributed by atoms with Crippen LogP contribution in [-0.4, -0.2) is 21.4 Å². The summed E-state index contributed by atoms with van der Waals surface area (Å²) in [5.74, 6) is -0.170. The van der Waals surface area contributed by atoms with Crippen LogP contribution in [0.1, 0.15) is 31.1 Å². The zero-order valence-electron chi connectivity index (χ0n) is 19.4. The van der Waals surface area contributed by atoms with Gasteiger partial charge in [0.05, 0.1) is 9.80 Å². The van der Waals surface area contributed by atoms with Gasteiger partial charge in [-0.1, -0.05) is 24.3 Å². The van der Waals surface area contributed by atoms with Crippen molar-refractivity contribution in [3.63, 3.8) is 0 Å². The Morgan fingerprint density at radius 2 is 1.74 bits per heavy atom. The summed E-state index contributed by atoms with van der Waals surface area (Å²) in [6.45, 7) is 6.25. The van der Waals surface area contributed by atoms with E-state index in [-0.39, 0.29) is 17.1 Å². The zero-order chi connectivity index (χ0) is 25.0. The second-order valence-electron chi connectivity index (χ2n) is 8.82. The van der Waals surface area contributed by atoms with Gasteiger partial charge >= 0.3 is 0 Å². The summed E-state index contributed by atoms with van der Waals surface area (Å²) in [5, 5.41) is 14.7. The van der Waals surface area contributed by atoms with E-state index >= 15 is 0 Å². The van der Waals surface area contributed by atoms with Crippen LogP contribution in [0.3, 0.4) is 0 Å². The van der Waals surface area contributed by atoms with Crippen molar-refractivity contribution in [2.24, 2.45) is 0 Å². The van der Waals surface area contributed by atoms with Crippen molar-refractivity contribution in [1.82, 2.24) is 9.71 Å². The molecule has 1 aromatic heterocycles. The van der Waals surface area contributed by atoms with E-state index in [4.69, 9.17) is 0 Å². The van der Waals surface area contributed by atoms with E-state index in [2.05, 4.69) is 35.8 Å². The third kappa shape index (κ3) is 6.33. The summed E-state index contributed by atoms with van der Waals surface area (Å²) in [6.07, 6.45) is 1.81. The SMILES string of the molecule is CC(C)(C)NSc1cc(NC(=O)c2ccccc2)ccc1-c1cnc(-c2ccc([N+](=O)[O-])cc2)s1. The highest BCUT2D eigenvalue weighted by atomic mass is 32.2. The smallest absolute Gasteiger partial charge is 0.269 e. The molecule has 0 spiro atoms. The molecule has 9 heteroatoms. The van der Waals surface area contributed by atoms with E-state index < -0.39 is 4.92 Å². The Morgan fingerprint density at radius 3 is 2.40 bits per heavy atom. The maximum Gasteiger partial charge on any atom is 0.269 e. The minimum Gasteiger partial charge on any atom is -0.322 e. The lowest BCUT2D eigenvalue weighted by molar-refractivity contribution is -0.384. The Bertz CT molecular complexity index is 1350. The van der Waals surface area contributed by atoms with Gasteiger partial charge in [0.1, 0.15) is 5.01 Å². The number of thiazole rings is 1. The Labute approximate surface area is 211 Å². The van der Waals surface area contributed by atoms with Crippen molar-refractivity contribution in [2.75, 3.05) is 5.32 Å². The number of aromatic nitrogens is 1. The molecule has 0 atom stereocenters. The molecule has 0 aliphatic heterocycles. The first-order valence-electron chi connectivity index (χ1n) is 10.8. The number of nitro groups is 1. The fourth-order valence-electron chi connectivity index (χ4n) is 3.15. The standard InChI is InChI=1S/C26H24N4O3S2/c1-26(2,3)29-35-22-15-19(28-24(31)17-7-5-4-6-8-17)11-14-21(22)23-16-27-25(34-23)18-9-12-20(13-10-18)30(32)33/h4-16,29H,1-3H3,(H,28,31). The molecule has 178 valence electrons. The molecule has 0 fully saturated rings. The first kappa shape index (κ1) is 24.6. The Morgan fingerprint density at radius 1 is 1.03 bits per heavy atom. The number of hydrogen-bond donors (Lipinski definition) is 2. The molecule has 2 N–H and O–H groups in total. The van der Waals surface area contributed by atoms with Crippen LogP contribution in [0.25, 0.3) is 21.0 Å². The Kier molecular flexibility index (Phi) is 7.30. The number of nitrogens with zero attached hydrogens (tertiary/aromatic N) is 2. The van der Waals surface area contributed by atoms with Crippen molar-refractivity contribution < 1.29 is 9.72 Å². The number of anilines is 1. The summed E-state index contributed by atoms with van der Waals surface area (Å²) < 4.78 is 3.44. The molecule has 0 aliphatic carbocycles. The van der Waals surface area contributed by atoms with Crippen LogP contribution in [0.2, 0.25) is 0 Å². The van der Waals surface area contributed by atoms with Gasteiger partial charge in [-0.15, -0.1) is 11.3 Å². The highest BCUT2D eigenvalue weighted by Crippen LogP contribution is 2.39. The second-order valence-corrected chi connectivity index (χ2v) is 10.7. The maximum absolute atomic E-state index is 12.6. The number of non-ortho nitro benzene ring substituents is 1. The van der Waals surface area contributed by atoms with Gasteiger partial charge in [0.15, 0.2) is 0 Å². The lowest BCUT2D eigenvalue weighted by atomic mass is 10.1. The molecule has 1 heterocycles. The normalized spacial score (nSPS) is 11.3. The molecule has 4 rings (SSSR count). The second kappa shape index (κ2) is 10.4. The largest absolute Gasteiger partial charge is 0.322 e. The number of hydrogen-bond acceptors (Lipinski definition) is 7. The number of carbonyl (C=O) groups excluding carboxylic acids is 1. The first-order chi connectivity index (χ1) is 16.7. The summed E-state index contributed by atoms with van der Waals surface area (Å²) in [5.41, 5.74) is 3.01. The molecule has 0 radical (unpaired) electrons. The van der Waals surface area contributed by atoms with Crippen molar-refractivity contribution in [2.45, 2.75) is 31.2 Å². The number of carbonyl (C=O) groups is 1. The van der Waals surface area contributed by atoms with E-state index in [1.807, 2.05) is 36.4 Å². The number of nitrogens with one attached hydrogen (secondary N) is 2. The lowest BCUT2D eigenvalue weighted by Crippen LogP contribution is -2.29. The lowest BCUT2D eigenvalue weighted by Gasteiger charge is -2.21. The minimum absolute atomic E-state index is 0.0469. The molecule has 0 saturated heterocycles. The molecular weight excluding hydrogens is 480 g/mol. The zero-order valence-corrected chi connectivity index (χ0v) is 21.1. The number of benzene rings is 3. The molecule has 35 heavy (non-hydrogen) atoms. The van der Waals surface area contributed by atoms with Crippen LogP contribution in [0.5, 0.6) is 0 Å². The average molecular weight is 505 g/mol. The minimum atomic E-state index is -0.416. The van der Waals surface area contributed by atoms with Gasteiger partial charge in [0, 0.05) is 51.1 Å². The van der Waals surface area contributed by atoms with Gasteiger partial charge in [0.25, 0.3) is 11.6 Å². The number of amides is 1. The quantitative estimate of drug-likeness (QED) is 0.159. The average Bonchev–Trinajstić information content (AvgIpc) is 3.33. The van der Waals surface area contributed by atoms with Crippen LogP contribution in [0, 0.1) is 10.1 Å². The third-order valence-corrected chi connectivity index (χ3v) is 7.19. The van der Waals surface area contributed by atoms with E-state index in [1.165, 1.54) is 35.4 Å². The topological polar surface area (TPSA) is 97.2 Å². The summed E-state index contributed by atoms with van der Waals surface area (Å²) in [4.78, 5) is 29.6. The van der Waals surface area contributed by atoms with Crippen LogP contribution < -0.4 is 10.0 Å². The van der Waals surface area contributed by atoms with Crippen LogP contribution >= 0.6 is 23.3 Å². The van der Waals surface area contributed by atoms with Gasteiger partial charge in [-0.2, -0.15) is 0 Å². The van der Waals surface area contributed by atoms with Crippen molar-refractivity contribution in [3.8, 4) is 21.0 Å². The monoisotopic (exact) mass is 504 g/mol. The highest BCUT2D eigenvalue weighted by molar-refractivity contribution is 7.97. The number of rotatable bonds is 7. The van der Waals surface area contributed by atoms with E-state index in [1.54, 1.807) is 30.5 Å². The Hall–Kier alpha value is -3.53. The summed E-state index contributed by atoms with van der Waals surface area (Å²) >= 11 is 3.01. The van der Waals surface area contributed by atoms with Crippen molar-refractivity contribution >= 4 is 40.6 Å². The van der Waals surface area contributed by atoms with Gasteiger partial charge in [-0.05, 0) is 69.1 Å². The fraction of sp³-hybridized carbons (Fsp3) is 0.154. The predicted molar refractivity (Wildman–Crippen MR) is 143 cm³/mol. The Balaban J connectivity index is 1.63. The van der Waals surface area contributed by atoms with Gasteiger partial charge in [-0.25, -0.2) is 4.98 Å². The highest BCUT2D eigenvalue weighted by Gasteiger charge is 2.17. The molecule has 0 unspecified atom stereocenters. The molecular formula is C26H24N4O3S2. The van der Waals surface area contributed by atoms with Crippen LogP contribution in [0.15, 0.2) is 83.9 Å².